The molecule has 0 fully saturated rings. The molecule has 4 aromatic rings. The second kappa shape index (κ2) is 21.8. The number of hydrogen-bond donors (Lipinski definition) is 0. The Balaban J connectivity index is 2.53. The Morgan fingerprint density at radius 3 is 1.03 bits per heavy atom. The Hall–Kier alpha value is -6.44. The van der Waals surface area contributed by atoms with Crippen molar-refractivity contribution in [3.63, 3.8) is 0 Å². The van der Waals surface area contributed by atoms with E-state index in [9.17, 15) is 28.8 Å². The van der Waals surface area contributed by atoms with Crippen molar-refractivity contribution in [2.45, 2.75) is 134 Å². The molecule has 0 bridgehead atoms. The van der Waals surface area contributed by atoms with Crippen LogP contribution < -0.4 is 28.4 Å². The lowest BCUT2D eigenvalue weighted by Crippen LogP contribution is -2.15. The first kappa shape index (κ1) is 50.2. The quantitative estimate of drug-likeness (QED) is 0.0424. The van der Waals surface area contributed by atoms with Gasteiger partial charge >= 0.3 is 35.8 Å². The first-order valence-electron chi connectivity index (χ1n) is 21.6. The highest BCUT2D eigenvalue weighted by Crippen LogP contribution is 2.56. The first-order chi connectivity index (χ1) is 30.2. The third-order valence-corrected chi connectivity index (χ3v) is 10.1. The van der Waals surface area contributed by atoms with Gasteiger partial charge in [-0.25, -0.2) is 0 Å². The minimum absolute atomic E-state index is 0.0129. The van der Waals surface area contributed by atoms with Crippen molar-refractivity contribution < 1.29 is 57.2 Å². The molecule has 0 saturated heterocycles. The molecule has 0 atom stereocenters. The van der Waals surface area contributed by atoms with E-state index in [2.05, 4.69) is 9.98 Å². The van der Waals surface area contributed by atoms with Crippen LogP contribution in [0.1, 0.15) is 154 Å². The second-order valence-corrected chi connectivity index (χ2v) is 16.3. The molecule has 0 aromatic heterocycles. The maximum absolute atomic E-state index is 13.4. The van der Waals surface area contributed by atoms with Gasteiger partial charge in [0.1, 0.15) is 11.5 Å². The van der Waals surface area contributed by atoms with Gasteiger partial charge in [-0.2, -0.15) is 0 Å². The van der Waals surface area contributed by atoms with Crippen LogP contribution in [0.2, 0.25) is 0 Å². The van der Waals surface area contributed by atoms with Crippen LogP contribution in [0.5, 0.6) is 34.5 Å². The van der Waals surface area contributed by atoms with E-state index >= 15 is 0 Å². The number of carbonyl (C=O) groups excluding carboxylic acids is 6. The number of hydrogen-bond acceptors (Lipinski definition) is 14. The van der Waals surface area contributed by atoms with E-state index in [0.717, 1.165) is 25.7 Å². The lowest BCUT2D eigenvalue weighted by molar-refractivity contribution is -0.134. The molecule has 64 heavy (non-hydrogen) atoms. The fourth-order valence-electron chi connectivity index (χ4n) is 7.79. The molecule has 0 heterocycles. The summed E-state index contributed by atoms with van der Waals surface area (Å²) in [6, 6.07) is 3.70. The van der Waals surface area contributed by atoms with Crippen LogP contribution in [-0.4, -0.2) is 61.3 Å². The van der Waals surface area contributed by atoms with Crippen molar-refractivity contribution in [2.75, 3.05) is 13.1 Å². The number of rotatable bonds is 17. The van der Waals surface area contributed by atoms with Crippen molar-refractivity contribution in [1.29, 1.82) is 0 Å². The summed E-state index contributed by atoms with van der Waals surface area (Å²) < 4.78 is 36.1. The van der Waals surface area contributed by atoms with Crippen molar-refractivity contribution in [1.82, 2.24) is 0 Å². The minimum atomic E-state index is -0.708. The Morgan fingerprint density at radius 2 is 0.766 bits per heavy atom. The Labute approximate surface area is 374 Å². The third kappa shape index (κ3) is 11.2. The van der Waals surface area contributed by atoms with Crippen molar-refractivity contribution in [3.05, 3.63) is 45.5 Å². The molecule has 0 unspecified atom stereocenters. The number of carbonyl (C=O) groups is 6. The number of esters is 6. The molecule has 4 aromatic carbocycles. The highest BCUT2D eigenvalue weighted by molar-refractivity contribution is 6.17. The van der Waals surface area contributed by atoms with E-state index in [1.807, 2.05) is 53.7 Å². The van der Waals surface area contributed by atoms with E-state index in [-0.39, 0.29) is 57.5 Å². The van der Waals surface area contributed by atoms with Gasteiger partial charge in [-0.05, 0) is 60.4 Å². The SMILES string of the molecule is CCCCN=Cc1c(OC(C)=O)c(OC(C)=O)c(C(C)C)c2cc(C)c(-c3c(C)cc4c(C(C)C)c(OC(C)=O)c(OC(C)=O)c(C=NCCCC)c4c3OC(C)=O)c(OC(C)=O)c12. The van der Waals surface area contributed by atoms with Gasteiger partial charge in [0.25, 0.3) is 0 Å². The Morgan fingerprint density at radius 1 is 0.484 bits per heavy atom. The topological polar surface area (TPSA) is 183 Å². The molecule has 14 heteroatoms. The van der Waals surface area contributed by atoms with Gasteiger partial charge in [0.2, 0.25) is 0 Å². The molecule has 0 aliphatic rings. The number of ether oxygens (including phenoxy) is 6. The lowest BCUT2D eigenvalue weighted by Gasteiger charge is -2.27. The number of nitrogens with zero attached hydrogens (tertiary/aromatic N) is 2. The normalized spacial score (nSPS) is 11.6. The molecule has 4 rings (SSSR count). The van der Waals surface area contributed by atoms with Crippen molar-refractivity contribution >= 4 is 69.8 Å². The van der Waals surface area contributed by atoms with Crippen molar-refractivity contribution in [2.24, 2.45) is 9.98 Å². The summed E-state index contributed by atoms with van der Waals surface area (Å²) in [5, 5.41) is 1.63. The number of aryl methyl sites for hydroxylation is 2. The van der Waals surface area contributed by atoms with E-state index in [4.69, 9.17) is 28.4 Å². The molecule has 342 valence electrons. The van der Waals surface area contributed by atoms with Gasteiger partial charge in [0.05, 0.1) is 11.1 Å². The standard InChI is InChI=1S/C50H60N2O12/c1-15-17-19-51-23-37-43-35(39(25(3)4)49(63-33(13)57)45(37)59-29(9)53)21-27(7)41(47(43)61-31(11)55)42-28(8)22-36-40(26(5)6)50(64-34(14)58)46(60-30(10)54)38(24-52-20-18-16-2)44(36)48(42)62-32(12)56/h21-26H,15-20H2,1-14H3. The summed E-state index contributed by atoms with van der Waals surface area (Å²) in [4.78, 5) is 87.5. The van der Waals surface area contributed by atoms with Gasteiger partial charge in [-0.1, -0.05) is 66.5 Å². The third-order valence-electron chi connectivity index (χ3n) is 10.1. The van der Waals surface area contributed by atoms with Crippen LogP contribution >= 0.6 is 0 Å². The second-order valence-electron chi connectivity index (χ2n) is 16.3. The smallest absolute Gasteiger partial charge is 0.308 e. The molecular formula is C50H60N2O12. The Bertz CT molecular complexity index is 2400. The van der Waals surface area contributed by atoms with Crippen LogP contribution in [0.4, 0.5) is 0 Å². The largest absolute Gasteiger partial charge is 0.425 e. The zero-order valence-corrected chi connectivity index (χ0v) is 39.5. The molecule has 0 spiro atoms. The van der Waals surface area contributed by atoms with Crippen LogP contribution in [0.25, 0.3) is 32.7 Å². The van der Waals surface area contributed by atoms with E-state index in [0.29, 0.717) is 68.0 Å². The van der Waals surface area contributed by atoms with Crippen LogP contribution in [0.15, 0.2) is 22.1 Å². The predicted octanol–water partition coefficient (Wildman–Crippen LogP) is 10.5. The van der Waals surface area contributed by atoms with Crippen LogP contribution in [0.3, 0.4) is 0 Å². The number of aliphatic imine (C=N–C) groups is 2. The molecule has 0 amide bonds. The van der Waals surface area contributed by atoms with Crippen LogP contribution in [0, 0.1) is 13.8 Å². The summed E-state index contributed by atoms with van der Waals surface area (Å²) >= 11 is 0. The number of fused-ring (bicyclic) bond motifs is 2. The molecule has 0 aliphatic heterocycles. The van der Waals surface area contributed by atoms with Gasteiger partial charge in [-0.15, -0.1) is 0 Å². The monoisotopic (exact) mass is 880 g/mol. The highest BCUT2D eigenvalue weighted by atomic mass is 16.6. The summed E-state index contributed by atoms with van der Waals surface area (Å²) in [7, 11) is 0. The lowest BCUT2D eigenvalue weighted by atomic mass is 9.83. The van der Waals surface area contributed by atoms with E-state index in [1.165, 1.54) is 54.0 Å². The summed E-state index contributed by atoms with van der Waals surface area (Å²) in [5.41, 5.74) is 3.10. The molecule has 14 nitrogen and oxygen atoms in total. The van der Waals surface area contributed by atoms with Gasteiger partial charge in [-0.3, -0.25) is 38.8 Å². The average Bonchev–Trinajstić information content (AvgIpc) is 3.16. The highest BCUT2D eigenvalue weighted by Gasteiger charge is 2.34. The van der Waals surface area contributed by atoms with Gasteiger partial charge < -0.3 is 28.4 Å². The minimum Gasteiger partial charge on any atom is -0.425 e. The zero-order chi connectivity index (χ0) is 47.7. The molecular weight excluding hydrogens is 821 g/mol. The maximum atomic E-state index is 13.4. The average molecular weight is 881 g/mol. The number of unbranched alkanes of at least 4 members (excludes halogenated alkanes) is 2. The fraction of sp³-hybridized carbons (Fsp3) is 0.440. The maximum Gasteiger partial charge on any atom is 0.308 e. The summed E-state index contributed by atoms with van der Waals surface area (Å²) in [5.74, 6) is -4.98. The van der Waals surface area contributed by atoms with Gasteiger partial charge in [0.15, 0.2) is 23.0 Å². The Kier molecular flexibility index (Phi) is 17.1. The van der Waals surface area contributed by atoms with E-state index < -0.39 is 35.8 Å². The number of benzene rings is 4. The predicted molar refractivity (Wildman–Crippen MR) is 247 cm³/mol. The van der Waals surface area contributed by atoms with E-state index in [1.54, 1.807) is 13.8 Å². The molecule has 0 aliphatic carbocycles. The zero-order valence-electron chi connectivity index (χ0n) is 39.5. The molecule has 0 radical (unpaired) electrons. The summed E-state index contributed by atoms with van der Waals surface area (Å²) in [6.07, 6.45) is 6.18. The molecule has 0 saturated carbocycles. The summed E-state index contributed by atoms with van der Waals surface area (Å²) in [6.45, 7) is 23.4. The van der Waals surface area contributed by atoms with Crippen molar-refractivity contribution in [3.8, 4) is 45.6 Å². The van der Waals surface area contributed by atoms with Crippen LogP contribution in [-0.2, 0) is 28.8 Å². The first-order valence-corrected chi connectivity index (χ1v) is 21.6. The fourth-order valence-corrected chi connectivity index (χ4v) is 7.79. The molecule has 0 N–H and O–H groups in total. The van der Waals surface area contributed by atoms with Gasteiger partial charge in [0, 0.05) is 100 Å².